The first-order valence-corrected chi connectivity index (χ1v) is 3.85. The molecule has 10 heavy (non-hydrogen) atoms. The molecule has 0 heterocycles. The number of nitrogens with zero attached hydrogens (tertiary/aromatic N) is 1. The third-order valence-corrected chi connectivity index (χ3v) is 1.69. The first kappa shape index (κ1) is 13.8. The molecule has 0 aromatic rings. The molecule has 0 amide bonds. The Kier molecular flexibility index (Phi) is 9.51. The molecular weight excluding hydrogens is 150 g/mol. The van der Waals surface area contributed by atoms with E-state index in [0.717, 1.165) is 6.54 Å². The third-order valence-electron chi connectivity index (χ3n) is 1.69. The minimum atomic E-state index is 0. The summed E-state index contributed by atoms with van der Waals surface area (Å²) in [6.07, 6.45) is 0. The molecule has 0 aromatic heterocycles. The second-order valence-corrected chi connectivity index (χ2v) is 3.02. The van der Waals surface area contributed by atoms with E-state index in [-0.39, 0.29) is 37.7 Å². The fourth-order valence-corrected chi connectivity index (χ4v) is 1.33. The summed E-state index contributed by atoms with van der Waals surface area (Å²) in [4.78, 5) is 2.46. The molecule has 0 N–H and O–H groups in total. The van der Waals surface area contributed by atoms with Gasteiger partial charge in [0.2, 0.25) is 0 Å². The van der Waals surface area contributed by atoms with Crippen molar-refractivity contribution in [2.45, 2.75) is 46.7 Å². The van der Waals surface area contributed by atoms with Crippen molar-refractivity contribution in [2.24, 2.45) is 0 Å². The summed E-state index contributed by atoms with van der Waals surface area (Å²) >= 11 is 0. The Labute approximate surface area is 95.2 Å². The molecule has 64 valence electrons. The van der Waals surface area contributed by atoms with Crippen LogP contribution in [0, 0.1) is 37.7 Å². The predicted molar refractivity (Wildman–Crippen MR) is 42.7 cm³/mol. The van der Waals surface area contributed by atoms with Crippen LogP contribution in [0.5, 0.6) is 0 Å². The number of rotatable bonds is 3. The normalized spacial score (nSPS) is 10.8. The minimum absolute atomic E-state index is 0. The van der Waals surface area contributed by atoms with Gasteiger partial charge < -0.3 is 0 Å². The molecular formula is C8H19ArN. The van der Waals surface area contributed by atoms with Crippen LogP contribution in [-0.2, 0) is 0 Å². The van der Waals surface area contributed by atoms with Crippen LogP contribution in [0.25, 0.3) is 0 Å². The molecule has 0 bridgehead atoms. The number of hydrogen-bond acceptors (Lipinski definition) is 1. The van der Waals surface area contributed by atoms with Crippen molar-refractivity contribution in [2.75, 3.05) is 6.54 Å². The van der Waals surface area contributed by atoms with Crippen LogP contribution in [0.1, 0.15) is 34.6 Å². The molecule has 0 atom stereocenters. The van der Waals surface area contributed by atoms with E-state index in [9.17, 15) is 0 Å². The van der Waals surface area contributed by atoms with Gasteiger partial charge >= 0.3 is 0 Å². The molecule has 0 aliphatic carbocycles. The van der Waals surface area contributed by atoms with Gasteiger partial charge in [-0.3, -0.25) is 4.90 Å². The van der Waals surface area contributed by atoms with E-state index in [2.05, 4.69) is 39.5 Å². The fraction of sp³-hybridized carbons (Fsp3) is 1.00. The topological polar surface area (TPSA) is 3.24 Å². The zero-order chi connectivity index (χ0) is 7.44. The standard InChI is InChI=1S/C8H19N.Ar/c1-6-9(7(2)3)8(4)5;/h7-8H,6H2,1-5H3;. The van der Waals surface area contributed by atoms with Gasteiger partial charge in [0, 0.05) is 49.8 Å². The van der Waals surface area contributed by atoms with E-state index >= 15 is 0 Å². The van der Waals surface area contributed by atoms with Crippen LogP contribution < -0.4 is 0 Å². The van der Waals surface area contributed by atoms with Gasteiger partial charge in [-0.05, 0) is 34.2 Å². The minimum Gasteiger partial charge on any atom is -0.299 e. The van der Waals surface area contributed by atoms with Crippen molar-refractivity contribution in [3.63, 3.8) is 0 Å². The Morgan fingerprint density at radius 3 is 1.30 bits per heavy atom. The van der Waals surface area contributed by atoms with Gasteiger partial charge in [-0.15, -0.1) is 0 Å². The van der Waals surface area contributed by atoms with Crippen molar-refractivity contribution in [3.8, 4) is 0 Å². The Hall–Kier alpha value is 1.22. The first-order valence-electron chi connectivity index (χ1n) is 3.85. The van der Waals surface area contributed by atoms with E-state index in [0.29, 0.717) is 12.1 Å². The Bertz CT molecular complexity index is 63.7. The maximum absolute atomic E-state index is 2.46. The average molecular weight is 169 g/mol. The second kappa shape index (κ2) is 6.90. The van der Waals surface area contributed by atoms with Gasteiger partial charge in [-0.25, -0.2) is 0 Å². The monoisotopic (exact) mass is 169 g/mol. The van der Waals surface area contributed by atoms with E-state index in [4.69, 9.17) is 0 Å². The van der Waals surface area contributed by atoms with Gasteiger partial charge in [-0.1, -0.05) is 6.92 Å². The van der Waals surface area contributed by atoms with Crippen molar-refractivity contribution in [1.82, 2.24) is 4.90 Å². The van der Waals surface area contributed by atoms with Crippen LogP contribution in [-0.4, -0.2) is 23.5 Å². The second-order valence-electron chi connectivity index (χ2n) is 3.02. The van der Waals surface area contributed by atoms with Gasteiger partial charge in [0.1, 0.15) is 0 Å². The molecule has 1 nitrogen and oxygen atoms in total. The van der Waals surface area contributed by atoms with Crippen LogP contribution in [0.4, 0.5) is 0 Å². The third kappa shape index (κ3) is 4.95. The fourth-order valence-electron chi connectivity index (χ4n) is 1.33. The summed E-state index contributed by atoms with van der Waals surface area (Å²) in [7, 11) is 0. The summed E-state index contributed by atoms with van der Waals surface area (Å²) in [5.74, 6) is 0. The van der Waals surface area contributed by atoms with E-state index in [1.807, 2.05) is 0 Å². The van der Waals surface area contributed by atoms with Gasteiger partial charge in [0.25, 0.3) is 0 Å². The maximum Gasteiger partial charge on any atom is 0.00411 e. The molecule has 2 heteroatoms. The average Bonchev–Trinajstić information content (AvgIpc) is 1.64. The summed E-state index contributed by atoms with van der Waals surface area (Å²) in [6, 6.07) is 1.38. The Balaban J connectivity index is 0. The van der Waals surface area contributed by atoms with Crippen LogP contribution in [0.2, 0.25) is 0 Å². The van der Waals surface area contributed by atoms with Gasteiger partial charge in [0.15, 0.2) is 0 Å². The molecule has 0 radical (unpaired) electrons. The Morgan fingerprint density at radius 2 is 1.30 bits per heavy atom. The van der Waals surface area contributed by atoms with Crippen molar-refractivity contribution >= 4 is 0 Å². The summed E-state index contributed by atoms with van der Waals surface area (Å²) in [5, 5.41) is 0. The van der Waals surface area contributed by atoms with E-state index < -0.39 is 0 Å². The summed E-state index contributed by atoms with van der Waals surface area (Å²) in [6.45, 7) is 12.3. The van der Waals surface area contributed by atoms with Gasteiger partial charge in [-0.2, -0.15) is 0 Å². The first-order chi connectivity index (χ1) is 4.09. The molecule has 0 spiro atoms. The molecule has 0 saturated carbocycles. The van der Waals surface area contributed by atoms with Crippen molar-refractivity contribution in [3.05, 3.63) is 0 Å². The van der Waals surface area contributed by atoms with Gasteiger partial charge in [0.05, 0.1) is 0 Å². The largest absolute Gasteiger partial charge is 0.299 e. The van der Waals surface area contributed by atoms with Crippen LogP contribution in [0.3, 0.4) is 0 Å². The smallest absolute Gasteiger partial charge is 0.00411 e. The summed E-state index contributed by atoms with van der Waals surface area (Å²) in [5.41, 5.74) is 0. The molecule has 0 fully saturated rings. The van der Waals surface area contributed by atoms with E-state index in [1.165, 1.54) is 0 Å². The van der Waals surface area contributed by atoms with Crippen LogP contribution in [0.15, 0.2) is 0 Å². The molecule has 0 rings (SSSR count). The maximum atomic E-state index is 2.46. The quantitative estimate of drug-likeness (QED) is 0.625. The molecule has 0 aliphatic rings. The molecule has 0 unspecified atom stereocenters. The zero-order valence-corrected chi connectivity index (χ0v) is 8.37. The SMILES string of the molecule is CCN(C(C)C)C(C)C.[Ar]. The van der Waals surface area contributed by atoms with Crippen molar-refractivity contribution < 1.29 is 37.7 Å². The summed E-state index contributed by atoms with van der Waals surface area (Å²) < 4.78 is 0. The van der Waals surface area contributed by atoms with Crippen molar-refractivity contribution in [1.29, 1.82) is 0 Å². The predicted octanol–water partition coefficient (Wildman–Crippen LogP) is 2.13. The molecule has 0 saturated heterocycles. The van der Waals surface area contributed by atoms with E-state index in [1.54, 1.807) is 0 Å². The van der Waals surface area contributed by atoms with Crippen LogP contribution >= 0.6 is 0 Å². The molecule has 0 aliphatic heterocycles. The zero-order valence-electron chi connectivity index (χ0n) is 7.66. The number of hydrogen-bond donors (Lipinski definition) is 0. The molecule has 0 aromatic carbocycles. The Morgan fingerprint density at radius 1 is 1.00 bits per heavy atom.